The first kappa shape index (κ1) is 26.6. The monoisotopic (exact) mass is 512 g/mol. The maximum absolute atomic E-state index is 12.9. The Labute approximate surface area is 207 Å². The lowest BCUT2D eigenvalue weighted by atomic mass is 9.85. The fourth-order valence-electron chi connectivity index (χ4n) is 5.06. The second kappa shape index (κ2) is 10.5. The summed E-state index contributed by atoms with van der Waals surface area (Å²) >= 11 is 0. The number of carbonyl (C=O) groups is 1. The number of esters is 1. The predicted molar refractivity (Wildman–Crippen MR) is 120 cm³/mol. The Morgan fingerprint density at radius 2 is 1.81 bits per heavy atom. The van der Waals surface area contributed by atoms with Crippen molar-refractivity contribution in [2.45, 2.75) is 62.0 Å². The van der Waals surface area contributed by atoms with E-state index < -0.39 is 73.1 Å². The van der Waals surface area contributed by atoms with Crippen molar-refractivity contribution in [3.8, 4) is 11.5 Å². The van der Waals surface area contributed by atoms with Crippen molar-refractivity contribution >= 4 is 5.97 Å². The Morgan fingerprint density at radius 1 is 1.08 bits per heavy atom. The van der Waals surface area contributed by atoms with Crippen molar-refractivity contribution in [2.24, 2.45) is 11.8 Å². The number of rotatable bonds is 7. The predicted octanol–water partition coefficient (Wildman–Crippen LogP) is -0.697. The van der Waals surface area contributed by atoms with Gasteiger partial charge in [-0.25, -0.2) is 4.79 Å². The van der Waals surface area contributed by atoms with Crippen LogP contribution in [0.5, 0.6) is 11.5 Å². The fourth-order valence-corrected chi connectivity index (χ4v) is 5.06. The third-order valence-electron chi connectivity index (χ3n) is 6.98. The van der Waals surface area contributed by atoms with E-state index >= 15 is 0 Å². The topological polar surface area (TPSA) is 174 Å². The van der Waals surface area contributed by atoms with Gasteiger partial charge in [0, 0.05) is 12.3 Å². The van der Waals surface area contributed by atoms with E-state index in [-0.39, 0.29) is 12.0 Å². The Bertz CT molecular complexity index is 962. The molecule has 12 heteroatoms. The van der Waals surface area contributed by atoms with Gasteiger partial charge in [-0.2, -0.15) is 0 Å². The van der Waals surface area contributed by atoms with Crippen molar-refractivity contribution in [3.05, 3.63) is 36.1 Å². The Hall–Kier alpha value is -2.45. The number of fused-ring (bicyclic) bond motifs is 1. The fraction of sp³-hybridized carbons (Fsp3) is 0.625. The summed E-state index contributed by atoms with van der Waals surface area (Å²) in [5, 5.41) is 51.0. The molecule has 200 valence electrons. The minimum atomic E-state index is -1.64. The number of carbonyl (C=O) groups excluding carboxylic acids is 1. The number of ether oxygens (including phenoxy) is 6. The molecule has 36 heavy (non-hydrogen) atoms. The maximum atomic E-state index is 12.9. The minimum Gasteiger partial charge on any atom is -0.493 e. The molecule has 4 rings (SSSR count). The van der Waals surface area contributed by atoms with Gasteiger partial charge in [0.05, 0.1) is 44.2 Å². The smallest absolute Gasteiger partial charge is 0.338 e. The van der Waals surface area contributed by atoms with Crippen LogP contribution in [0.1, 0.15) is 23.7 Å². The van der Waals surface area contributed by atoms with Crippen molar-refractivity contribution in [1.82, 2.24) is 0 Å². The molecule has 1 aliphatic carbocycles. The van der Waals surface area contributed by atoms with Crippen molar-refractivity contribution in [2.75, 3.05) is 20.8 Å². The quantitative estimate of drug-likeness (QED) is 0.291. The highest BCUT2D eigenvalue weighted by molar-refractivity contribution is 5.90. The summed E-state index contributed by atoms with van der Waals surface area (Å²) in [5.74, 6) is -1.05. The second-order valence-corrected chi connectivity index (χ2v) is 9.34. The minimum absolute atomic E-state index is 0.0730. The second-order valence-electron chi connectivity index (χ2n) is 9.34. The van der Waals surface area contributed by atoms with Crippen LogP contribution >= 0.6 is 0 Å². The zero-order valence-electron chi connectivity index (χ0n) is 20.1. The van der Waals surface area contributed by atoms with E-state index in [2.05, 4.69) is 0 Å². The standard InChI is InChI=1S/C24H32O12/c1-24(30)9-15(34-21(29)11-4-5-13(31-2)14(8-11)32-3)12-6-7-33-22(17(12)24)36-23-20(28)19(27)18(26)16(10-25)35-23/h4-8,12,15-20,22-23,25-28,30H,9-10H2,1-3H3/t12-,15+,16-,17+,18+,19+,20+,22-,23-,24-/m0/s1. The first-order valence-corrected chi connectivity index (χ1v) is 11.5. The molecular weight excluding hydrogens is 480 g/mol. The normalized spacial score (nSPS) is 39.7. The lowest BCUT2D eigenvalue weighted by molar-refractivity contribution is -0.346. The molecule has 0 amide bonds. The third kappa shape index (κ3) is 4.90. The molecule has 0 spiro atoms. The van der Waals surface area contributed by atoms with Crippen LogP contribution in [0.25, 0.3) is 0 Å². The van der Waals surface area contributed by atoms with Crippen LogP contribution in [0.4, 0.5) is 0 Å². The van der Waals surface area contributed by atoms with E-state index in [1.165, 1.54) is 26.5 Å². The molecule has 5 N–H and O–H groups in total. The molecule has 2 heterocycles. The Morgan fingerprint density at radius 3 is 2.47 bits per heavy atom. The molecule has 3 aliphatic rings. The van der Waals surface area contributed by atoms with E-state index in [1.807, 2.05) is 0 Å². The maximum Gasteiger partial charge on any atom is 0.338 e. The summed E-state index contributed by atoms with van der Waals surface area (Å²) in [4.78, 5) is 12.9. The van der Waals surface area contributed by atoms with Gasteiger partial charge in [0.1, 0.15) is 30.5 Å². The summed E-state index contributed by atoms with van der Waals surface area (Å²) in [6.07, 6.45) is -6.24. The van der Waals surface area contributed by atoms with Crippen LogP contribution in [0.3, 0.4) is 0 Å². The first-order chi connectivity index (χ1) is 17.1. The molecule has 0 radical (unpaired) electrons. The van der Waals surface area contributed by atoms with E-state index in [0.717, 1.165) is 0 Å². The van der Waals surface area contributed by atoms with Crippen LogP contribution in [0, 0.1) is 11.8 Å². The van der Waals surface area contributed by atoms with Crippen LogP contribution in [-0.4, -0.2) is 101 Å². The molecule has 2 fully saturated rings. The molecule has 0 unspecified atom stereocenters. The Kier molecular flexibility index (Phi) is 7.76. The number of aliphatic hydroxyl groups is 5. The van der Waals surface area contributed by atoms with Gasteiger partial charge in [-0.3, -0.25) is 0 Å². The van der Waals surface area contributed by atoms with Gasteiger partial charge in [0.2, 0.25) is 6.29 Å². The van der Waals surface area contributed by atoms with Crippen LogP contribution in [0.2, 0.25) is 0 Å². The van der Waals surface area contributed by atoms with Gasteiger partial charge in [-0.1, -0.05) is 0 Å². The SMILES string of the molecule is COc1ccc(C(=O)O[C@@H]2C[C@](C)(O)[C@H]3[C@H](O[C@@H]4O[C@@H](CO)[C@@H](O)[C@@H](O)[C@H]4O)OC=C[C@H]32)cc1OC. The number of aliphatic hydroxyl groups excluding tert-OH is 4. The number of hydrogen-bond donors (Lipinski definition) is 5. The van der Waals surface area contributed by atoms with Gasteiger partial charge < -0.3 is 54.0 Å². The molecule has 1 aromatic rings. The Balaban J connectivity index is 1.49. The van der Waals surface area contributed by atoms with E-state index in [1.54, 1.807) is 25.1 Å². The summed E-state index contributed by atoms with van der Waals surface area (Å²) < 4.78 is 33.0. The number of hydrogen-bond acceptors (Lipinski definition) is 12. The van der Waals surface area contributed by atoms with Crippen molar-refractivity contribution in [1.29, 1.82) is 0 Å². The van der Waals surface area contributed by atoms with E-state index in [4.69, 9.17) is 28.4 Å². The van der Waals surface area contributed by atoms with Crippen LogP contribution in [0.15, 0.2) is 30.5 Å². The van der Waals surface area contributed by atoms with Gasteiger partial charge in [0.25, 0.3) is 0 Å². The molecule has 12 nitrogen and oxygen atoms in total. The average Bonchev–Trinajstić information content (AvgIpc) is 3.13. The zero-order valence-corrected chi connectivity index (χ0v) is 20.1. The zero-order chi connectivity index (χ0) is 26.2. The highest BCUT2D eigenvalue weighted by atomic mass is 16.8. The molecule has 1 aromatic carbocycles. The van der Waals surface area contributed by atoms with Gasteiger partial charge >= 0.3 is 5.97 Å². The summed E-state index contributed by atoms with van der Waals surface area (Å²) in [6, 6.07) is 4.62. The molecule has 0 bridgehead atoms. The van der Waals surface area contributed by atoms with Crippen LogP contribution < -0.4 is 9.47 Å². The molecule has 10 atom stereocenters. The third-order valence-corrected chi connectivity index (χ3v) is 6.98. The molecule has 1 saturated carbocycles. The molecular formula is C24H32O12. The highest BCUT2D eigenvalue weighted by Gasteiger charge is 2.58. The van der Waals surface area contributed by atoms with Gasteiger partial charge in [-0.15, -0.1) is 0 Å². The lowest BCUT2D eigenvalue weighted by Gasteiger charge is -2.43. The lowest BCUT2D eigenvalue weighted by Crippen LogP contribution is -2.60. The van der Waals surface area contributed by atoms with Crippen molar-refractivity contribution in [3.63, 3.8) is 0 Å². The van der Waals surface area contributed by atoms with Crippen LogP contribution in [-0.2, 0) is 18.9 Å². The largest absolute Gasteiger partial charge is 0.493 e. The van der Waals surface area contributed by atoms with Crippen molar-refractivity contribution < 1.29 is 58.7 Å². The average molecular weight is 513 g/mol. The first-order valence-electron chi connectivity index (χ1n) is 11.5. The summed E-state index contributed by atoms with van der Waals surface area (Å²) in [5.41, 5.74) is -1.17. The van der Waals surface area contributed by atoms with E-state index in [9.17, 15) is 30.3 Å². The molecule has 0 aromatic heterocycles. The summed E-state index contributed by atoms with van der Waals surface area (Å²) in [6.45, 7) is 0.940. The highest BCUT2D eigenvalue weighted by Crippen LogP contribution is 2.48. The summed E-state index contributed by atoms with van der Waals surface area (Å²) in [7, 11) is 2.94. The molecule has 1 saturated heterocycles. The van der Waals surface area contributed by atoms with E-state index in [0.29, 0.717) is 11.5 Å². The van der Waals surface area contributed by atoms with Gasteiger partial charge in [-0.05, 0) is 31.2 Å². The number of methoxy groups -OCH3 is 2. The molecule has 2 aliphatic heterocycles. The number of benzene rings is 1. The van der Waals surface area contributed by atoms with Gasteiger partial charge in [0.15, 0.2) is 17.8 Å².